The highest BCUT2D eigenvalue weighted by Crippen LogP contribution is 2.26. The van der Waals surface area contributed by atoms with Gasteiger partial charge in [-0.3, -0.25) is 9.59 Å². The minimum atomic E-state index is -0.118. The lowest BCUT2D eigenvalue weighted by Crippen LogP contribution is -2.46. The van der Waals surface area contributed by atoms with Crippen LogP contribution >= 0.6 is 0 Å². The molecule has 1 fully saturated rings. The predicted molar refractivity (Wildman–Crippen MR) is 142 cm³/mol. The second kappa shape index (κ2) is 11.7. The van der Waals surface area contributed by atoms with Gasteiger partial charge in [0.1, 0.15) is 0 Å². The fraction of sp³-hybridized carbons (Fsp3) is 0.333. The molecular weight excluding hydrogens is 434 g/mol. The zero-order chi connectivity index (χ0) is 24.6. The van der Waals surface area contributed by atoms with Gasteiger partial charge in [0, 0.05) is 38.4 Å². The Kier molecular flexibility index (Phi) is 8.19. The first-order valence-electron chi connectivity index (χ1n) is 12.6. The van der Waals surface area contributed by atoms with Crippen molar-refractivity contribution in [3.05, 3.63) is 102 Å². The van der Waals surface area contributed by atoms with Crippen molar-refractivity contribution in [3.8, 4) is 0 Å². The van der Waals surface area contributed by atoms with Gasteiger partial charge in [-0.05, 0) is 42.5 Å². The van der Waals surface area contributed by atoms with Crippen LogP contribution in [0, 0.1) is 0 Å². The first-order chi connectivity index (χ1) is 17.1. The standard InChI is InChI=1S/C30H35N3O2/c1-3-26(24-14-8-5-9-15-24)29(34)31-25-18-20-33(21-19-25)28-17-11-10-16-27(28)30(35)32(2)22-23-12-6-4-7-13-23/h4-17,25-26H,3,18-22H2,1-2H3,(H,31,34). The normalized spacial score (nSPS) is 14.9. The number of piperidine rings is 1. The third-order valence-electron chi connectivity index (χ3n) is 6.85. The van der Waals surface area contributed by atoms with Crippen LogP contribution in [-0.4, -0.2) is 42.9 Å². The maximum Gasteiger partial charge on any atom is 0.256 e. The van der Waals surface area contributed by atoms with Crippen molar-refractivity contribution in [2.24, 2.45) is 0 Å². The molecule has 35 heavy (non-hydrogen) atoms. The van der Waals surface area contributed by atoms with Crippen LogP contribution < -0.4 is 10.2 Å². The molecule has 1 unspecified atom stereocenters. The molecule has 0 spiro atoms. The fourth-order valence-corrected chi connectivity index (χ4v) is 4.89. The van der Waals surface area contributed by atoms with Gasteiger partial charge in [-0.1, -0.05) is 79.7 Å². The van der Waals surface area contributed by atoms with E-state index in [9.17, 15) is 9.59 Å². The quantitative estimate of drug-likeness (QED) is 0.491. The largest absolute Gasteiger partial charge is 0.371 e. The van der Waals surface area contributed by atoms with Crippen molar-refractivity contribution in [3.63, 3.8) is 0 Å². The molecule has 3 aromatic carbocycles. The molecule has 1 atom stereocenters. The van der Waals surface area contributed by atoms with Gasteiger partial charge in [0.2, 0.25) is 5.91 Å². The number of benzene rings is 3. The topological polar surface area (TPSA) is 52.7 Å². The van der Waals surface area contributed by atoms with Crippen LogP contribution in [0.3, 0.4) is 0 Å². The number of amides is 2. The smallest absolute Gasteiger partial charge is 0.256 e. The summed E-state index contributed by atoms with van der Waals surface area (Å²) in [7, 11) is 1.85. The lowest BCUT2D eigenvalue weighted by Gasteiger charge is -2.35. The number of nitrogens with one attached hydrogen (secondary N) is 1. The molecule has 5 nitrogen and oxygen atoms in total. The number of anilines is 1. The Hall–Kier alpha value is -3.60. The second-order valence-electron chi connectivity index (χ2n) is 9.31. The molecule has 182 valence electrons. The molecular formula is C30H35N3O2. The highest BCUT2D eigenvalue weighted by molar-refractivity contribution is 5.99. The summed E-state index contributed by atoms with van der Waals surface area (Å²) in [4.78, 5) is 30.3. The van der Waals surface area contributed by atoms with Crippen molar-refractivity contribution >= 4 is 17.5 Å². The van der Waals surface area contributed by atoms with Gasteiger partial charge < -0.3 is 15.1 Å². The van der Waals surface area contributed by atoms with E-state index in [1.807, 2.05) is 92.0 Å². The Labute approximate surface area is 208 Å². The molecule has 2 amide bonds. The van der Waals surface area contributed by atoms with E-state index < -0.39 is 0 Å². The fourth-order valence-electron chi connectivity index (χ4n) is 4.89. The van der Waals surface area contributed by atoms with Gasteiger partial charge in [-0.25, -0.2) is 0 Å². The summed E-state index contributed by atoms with van der Waals surface area (Å²) >= 11 is 0. The molecule has 1 aliphatic heterocycles. The molecule has 1 heterocycles. The summed E-state index contributed by atoms with van der Waals surface area (Å²) < 4.78 is 0. The van der Waals surface area contributed by atoms with Crippen LogP contribution in [0.2, 0.25) is 0 Å². The molecule has 0 aromatic heterocycles. The molecule has 1 aliphatic rings. The Morgan fingerprint density at radius 3 is 2.17 bits per heavy atom. The average Bonchev–Trinajstić information content (AvgIpc) is 2.90. The number of rotatable bonds is 8. The maximum atomic E-state index is 13.3. The first kappa shape index (κ1) is 24.5. The Morgan fingerprint density at radius 1 is 0.914 bits per heavy atom. The first-order valence-corrected chi connectivity index (χ1v) is 12.6. The zero-order valence-electron chi connectivity index (χ0n) is 20.7. The predicted octanol–water partition coefficient (Wildman–Crippen LogP) is 5.24. The van der Waals surface area contributed by atoms with E-state index >= 15 is 0 Å². The van der Waals surface area contributed by atoms with Crippen LogP contribution in [-0.2, 0) is 11.3 Å². The highest BCUT2D eigenvalue weighted by atomic mass is 16.2. The number of hydrogen-bond acceptors (Lipinski definition) is 3. The Morgan fingerprint density at radius 2 is 1.51 bits per heavy atom. The summed E-state index contributed by atoms with van der Waals surface area (Å²) in [5, 5.41) is 3.28. The van der Waals surface area contributed by atoms with E-state index in [0.29, 0.717) is 6.54 Å². The van der Waals surface area contributed by atoms with Crippen molar-refractivity contribution < 1.29 is 9.59 Å². The summed E-state index contributed by atoms with van der Waals surface area (Å²) in [5.41, 5.74) is 3.87. The molecule has 4 rings (SSSR count). The van der Waals surface area contributed by atoms with Crippen molar-refractivity contribution in [1.29, 1.82) is 0 Å². The monoisotopic (exact) mass is 469 g/mol. The van der Waals surface area contributed by atoms with Crippen molar-refractivity contribution in [2.75, 3.05) is 25.0 Å². The highest BCUT2D eigenvalue weighted by Gasteiger charge is 2.27. The summed E-state index contributed by atoms with van der Waals surface area (Å²) in [6.45, 7) is 4.24. The summed E-state index contributed by atoms with van der Waals surface area (Å²) in [6.07, 6.45) is 2.50. The van der Waals surface area contributed by atoms with Crippen LogP contribution in [0.25, 0.3) is 0 Å². The van der Waals surface area contributed by atoms with Gasteiger partial charge in [0.15, 0.2) is 0 Å². The number of hydrogen-bond donors (Lipinski definition) is 1. The van der Waals surface area contributed by atoms with Crippen LogP contribution in [0.15, 0.2) is 84.9 Å². The Balaban J connectivity index is 1.37. The third kappa shape index (κ3) is 6.10. The van der Waals surface area contributed by atoms with Gasteiger partial charge in [-0.2, -0.15) is 0 Å². The van der Waals surface area contributed by atoms with Crippen LogP contribution in [0.1, 0.15) is 53.6 Å². The molecule has 5 heteroatoms. The maximum absolute atomic E-state index is 13.3. The molecule has 1 N–H and O–H groups in total. The Bertz CT molecular complexity index is 1110. The average molecular weight is 470 g/mol. The number of carbonyl (C=O) groups excluding carboxylic acids is 2. The number of nitrogens with zero attached hydrogens (tertiary/aromatic N) is 2. The molecule has 3 aromatic rings. The summed E-state index contributed by atoms with van der Waals surface area (Å²) in [6, 6.07) is 28.1. The van der Waals surface area contributed by atoms with E-state index in [4.69, 9.17) is 0 Å². The minimum Gasteiger partial charge on any atom is -0.371 e. The van der Waals surface area contributed by atoms with Gasteiger partial charge in [0.25, 0.3) is 5.91 Å². The molecule has 0 aliphatic carbocycles. The van der Waals surface area contributed by atoms with Gasteiger partial charge >= 0.3 is 0 Å². The number of para-hydroxylation sites is 1. The summed E-state index contributed by atoms with van der Waals surface area (Å²) in [5.74, 6) is 0.0107. The van der Waals surface area contributed by atoms with Crippen molar-refractivity contribution in [2.45, 2.75) is 44.7 Å². The van der Waals surface area contributed by atoms with Gasteiger partial charge in [0.05, 0.1) is 11.5 Å². The van der Waals surface area contributed by atoms with E-state index in [2.05, 4.69) is 17.1 Å². The van der Waals surface area contributed by atoms with E-state index in [1.54, 1.807) is 4.90 Å². The number of carbonyl (C=O) groups is 2. The van der Waals surface area contributed by atoms with Crippen LogP contribution in [0.4, 0.5) is 5.69 Å². The second-order valence-corrected chi connectivity index (χ2v) is 9.31. The lowest BCUT2D eigenvalue weighted by molar-refractivity contribution is -0.123. The molecule has 0 radical (unpaired) electrons. The third-order valence-corrected chi connectivity index (χ3v) is 6.85. The molecule has 0 bridgehead atoms. The lowest BCUT2D eigenvalue weighted by atomic mass is 9.94. The van der Waals surface area contributed by atoms with E-state index in [0.717, 1.165) is 54.7 Å². The van der Waals surface area contributed by atoms with Crippen LogP contribution in [0.5, 0.6) is 0 Å². The van der Waals surface area contributed by atoms with E-state index in [-0.39, 0.29) is 23.8 Å². The molecule has 1 saturated heterocycles. The molecule has 0 saturated carbocycles. The van der Waals surface area contributed by atoms with Gasteiger partial charge in [-0.15, -0.1) is 0 Å². The van der Waals surface area contributed by atoms with Crippen molar-refractivity contribution in [1.82, 2.24) is 10.2 Å². The zero-order valence-corrected chi connectivity index (χ0v) is 20.7. The van der Waals surface area contributed by atoms with E-state index in [1.165, 1.54) is 0 Å². The SMILES string of the molecule is CCC(C(=O)NC1CCN(c2ccccc2C(=O)N(C)Cc2ccccc2)CC1)c1ccccc1. The minimum absolute atomic E-state index is 0.0218.